The molecule has 6 nitrogen and oxygen atoms in total. The first-order chi connectivity index (χ1) is 15.9. The zero-order valence-corrected chi connectivity index (χ0v) is 20.6. The number of aryl methyl sites for hydroxylation is 1. The zero-order chi connectivity index (χ0) is 23.8. The van der Waals surface area contributed by atoms with Crippen LogP contribution in [-0.4, -0.2) is 40.9 Å². The van der Waals surface area contributed by atoms with Crippen LogP contribution >= 0.6 is 24.0 Å². The molecule has 2 aromatic carbocycles. The highest BCUT2D eigenvalue weighted by Gasteiger charge is 2.32. The van der Waals surface area contributed by atoms with Crippen molar-refractivity contribution in [2.24, 2.45) is 0 Å². The van der Waals surface area contributed by atoms with Crippen LogP contribution in [0.2, 0.25) is 0 Å². The van der Waals surface area contributed by atoms with Gasteiger partial charge in [-0.1, -0.05) is 54.3 Å². The molecular weight excluding hydrogens is 458 g/mol. The van der Waals surface area contributed by atoms with Gasteiger partial charge in [0.1, 0.15) is 10.9 Å². The average Bonchev–Trinajstić information content (AvgIpc) is 3.05. The number of esters is 1. The van der Waals surface area contributed by atoms with E-state index in [1.165, 1.54) is 16.7 Å². The van der Waals surface area contributed by atoms with Gasteiger partial charge in [-0.3, -0.25) is 14.5 Å². The van der Waals surface area contributed by atoms with E-state index in [1.807, 2.05) is 56.3 Å². The van der Waals surface area contributed by atoms with Crippen LogP contribution in [0.5, 0.6) is 11.5 Å². The van der Waals surface area contributed by atoms with Gasteiger partial charge < -0.3 is 14.2 Å². The lowest BCUT2D eigenvalue weighted by atomic mass is 10.1. The van der Waals surface area contributed by atoms with Gasteiger partial charge in [-0.05, 0) is 55.7 Å². The van der Waals surface area contributed by atoms with Crippen molar-refractivity contribution in [1.82, 2.24) is 4.90 Å². The van der Waals surface area contributed by atoms with E-state index in [1.54, 1.807) is 13.0 Å². The maximum atomic E-state index is 12.8. The highest BCUT2D eigenvalue weighted by Crippen LogP contribution is 2.35. The Morgan fingerprint density at radius 3 is 2.61 bits per heavy atom. The van der Waals surface area contributed by atoms with E-state index in [-0.39, 0.29) is 24.8 Å². The lowest BCUT2D eigenvalue weighted by Crippen LogP contribution is -2.30. The number of nitrogens with zero attached hydrogens (tertiary/aromatic N) is 1. The van der Waals surface area contributed by atoms with Crippen molar-refractivity contribution in [2.75, 3.05) is 19.8 Å². The summed E-state index contributed by atoms with van der Waals surface area (Å²) in [6.07, 6.45) is 1.88. The molecule has 1 fully saturated rings. The normalized spacial score (nSPS) is 14.6. The van der Waals surface area contributed by atoms with Gasteiger partial charge in [0.2, 0.25) is 0 Å². The van der Waals surface area contributed by atoms with Gasteiger partial charge in [0, 0.05) is 6.54 Å². The van der Waals surface area contributed by atoms with Crippen LogP contribution in [0.4, 0.5) is 0 Å². The highest BCUT2D eigenvalue weighted by atomic mass is 32.2. The molecule has 0 unspecified atom stereocenters. The Morgan fingerprint density at radius 1 is 1.09 bits per heavy atom. The smallest absolute Gasteiger partial charge is 0.307 e. The monoisotopic (exact) mass is 485 g/mol. The summed E-state index contributed by atoms with van der Waals surface area (Å²) in [5, 5.41) is 0. The van der Waals surface area contributed by atoms with Gasteiger partial charge in [-0.25, -0.2) is 0 Å². The van der Waals surface area contributed by atoms with Crippen molar-refractivity contribution in [3.8, 4) is 11.5 Å². The van der Waals surface area contributed by atoms with E-state index in [0.717, 1.165) is 16.7 Å². The zero-order valence-electron chi connectivity index (χ0n) is 19.0. The fourth-order valence-corrected chi connectivity index (χ4v) is 4.52. The molecule has 3 rings (SSSR count). The molecule has 1 aliphatic rings. The second-order valence-corrected chi connectivity index (χ2v) is 8.92. The molecule has 0 aliphatic carbocycles. The Bertz CT molecular complexity index is 1070. The number of rotatable bonds is 10. The van der Waals surface area contributed by atoms with Crippen LogP contribution in [0.15, 0.2) is 47.4 Å². The van der Waals surface area contributed by atoms with E-state index in [0.29, 0.717) is 40.5 Å². The van der Waals surface area contributed by atoms with Crippen LogP contribution in [0.1, 0.15) is 37.0 Å². The first kappa shape index (κ1) is 24.8. The molecule has 0 aromatic heterocycles. The third kappa shape index (κ3) is 6.58. The van der Waals surface area contributed by atoms with E-state index in [4.69, 9.17) is 26.4 Å². The van der Waals surface area contributed by atoms with Crippen molar-refractivity contribution in [1.29, 1.82) is 0 Å². The molecule has 0 bridgehead atoms. The minimum Gasteiger partial charge on any atom is -0.490 e. The Kier molecular flexibility index (Phi) is 8.91. The van der Waals surface area contributed by atoms with Crippen LogP contribution in [0.3, 0.4) is 0 Å². The minimum absolute atomic E-state index is 0.106. The van der Waals surface area contributed by atoms with Crippen molar-refractivity contribution >= 4 is 46.3 Å². The number of carbonyl (C=O) groups is 2. The molecule has 0 N–H and O–H groups in total. The van der Waals surface area contributed by atoms with Crippen molar-refractivity contribution in [2.45, 2.75) is 33.8 Å². The Hall–Kier alpha value is -2.84. The van der Waals surface area contributed by atoms with Gasteiger partial charge in [0.25, 0.3) is 5.91 Å². The molecular formula is C25H27NO5S2. The summed E-state index contributed by atoms with van der Waals surface area (Å²) < 4.78 is 17.2. The predicted molar refractivity (Wildman–Crippen MR) is 134 cm³/mol. The maximum absolute atomic E-state index is 12.8. The second-order valence-electron chi connectivity index (χ2n) is 7.24. The Labute approximate surface area is 203 Å². The van der Waals surface area contributed by atoms with Crippen molar-refractivity contribution < 1.29 is 23.8 Å². The molecule has 0 atom stereocenters. The molecule has 2 aromatic rings. The van der Waals surface area contributed by atoms with Crippen LogP contribution < -0.4 is 9.47 Å². The molecule has 0 saturated carbocycles. The number of benzene rings is 2. The SMILES string of the molecule is CCOC(=O)CCN1C(=O)/C(=C/c2ccc(OCc3ccccc3C)c(OCC)c2)SC1=S. The predicted octanol–water partition coefficient (Wildman–Crippen LogP) is 5.13. The largest absolute Gasteiger partial charge is 0.490 e. The number of carbonyl (C=O) groups excluding carboxylic acids is 2. The second kappa shape index (κ2) is 11.9. The topological polar surface area (TPSA) is 65.1 Å². The highest BCUT2D eigenvalue weighted by molar-refractivity contribution is 8.26. The minimum atomic E-state index is -0.349. The molecule has 8 heteroatoms. The first-order valence-corrected chi connectivity index (χ1v) is 12.0. The lowest BCUT2D eigenvalue weighted by molar-refractivity contribution is -0.143. The van der Waals surface area contributed by atoms with Crippen molar-refractivity contribution in [3.63, 3.8) is 0 Å². The Morgan fingerprint density at radius 2 is 1.88 bits per heavy atom. The number of ether oxygens (including phenoxy) is 3. The Balaban J connectivity index is 1.73. The van der Waals surface area contributed by atoms with Crippen LogP contribution in [-0.2, 0) is 20.9 Å². The molecule has 1 amide bonds. The standard InChI is InChI=1S/C25H27NO5S2/c1-4-29-21-14-18(10-11-20(21)31-16-19-9-7-6-8-17(19)3)15-22-24(28)26(25(32)33-22)13-12-23(27)30-5-2/h6-11,14-15H,4-5,12-13,16H2,1-3H3/b22-15-. The molecule has 0 radical (unpaired) electrons. The quantitative estimate of drug-likeness (QED) is 0.263. The fourth-order valence-electron chi connectivity index (χ4n) is 3.21. The third-order valence-corrected chi connectivity index (χ3v) is 6.31. The van der Waals surface area contributed by atoms with Crippen LogP contribution in [0, 0.1) is 6.92 Å². The summed E-state index contributed by atoms with van der Waals surface area (Å²) >= 11 is 6.56. The maximum Gasteiger partial charge on any atom is 0.307 e. The van der Waals surface area contributed by atoms with Gasteiger partial charge in [0.15, 0.2) is 11.5 Å². The third-order valence-electron chi connectivity index (χ3n) is 4.93. The summed E-state index contributed by atoms with van der Waals surface area (Å²) in [4.78, 5) is 26.4. The number of hydrogen-bond acceptors (Lipinski definition) is 7. The van der Waals surface area contributed by atoms with Gasteiger partial charge in [0.05, 0.1) is 24.5 Å². The molecule has 0 spiro atoms. The molecule has 1 saturated heterocycles. The molecule has 1 heterocycles. The van der Waals surface area contributed by atoms with Gasteiger partial charge in [-0.2, -0.15) is 0 Å². The summed E-state index contributed by atoms with van der Waals surface area (Å²) in [5.41, 5.74) is 3.07. The molecule has 1 aliphatic heterocycles. The number of hydrogen-bond donors (Lipinski definition) is 0. The van der Waals surface area contributed by atoms with Crippen molar-refractivity contribution in [3.05, 3.63) is 64.1 Å². The summed E-state index contributed by atoms with van der Waals surface area (Å²) in [6, 6.07) is 13.6. The van der Waals surface area contributed by atoms with E-state index >= 15 is 0 Å². The number of thiocarbonyl (C=S) groups is 1. The van der Waals surface area contributed by atoms with Gasteiger partial charge in [-0.15, -0.1) is 0 Å². The summed E-state index contributed by atoms with van der Waals surface area (Å²) in [6.45, 7) is 7.14. The van der Waals surface area contributed by atoms with Gasteiger partial charge >= 0.3 is 5.97 Å². The summed E-state index contributed by atoms with van der Waals surface area (Å²) in [5.74, 6) is 0.683. The van der Waals surface area contributed by atoms with Crippen LogP contribution in [0.25, 0.3) is 6.08 Å². The van der Waals surface area contributed by atoms with E-state index in [9.17, 15) is 9.59 Å². The first-order valence-electron chi connectivity index (χ1n) is 10.8. The van der Waals surface area contributed by atoms with E-state index < -0.39 is 0 Å². The lowest BCUT2D eigenvalue weighted by Gasteiger charge is -2.14. The summed E-state index contributed by atoms with van der Waals surface area (Å²) in [7, 11) is 0. The molecule has 33 heavy (non-hydrogen) atoms. The number of amides is 1. The average molecular weight is 486 g/mol. The van der Waals surface area contributed by atoms with E-state index in [2.05, 4.69) is 0 Å². The molecule has 174 valence electrons. The number of thioether (sulfide) groups is 1. The fraction of sp³-hybridized carbons (Fsp3) is 0.320.